The highest BCUT2D eigenvalue weighted by molar-refractivity contribution is 7.98. The van der Waals surface area contributed by atoms with Crippen LogP contribution in [-0.4, -0.2) is 34.6 Å². The molecule has 5 heteroatoms. The molecule has 1 unspecified atom stereocenters. The number of aromatic amines is 1. The van der Waals surface area contributed by atoms with E-state index in [0.717, 1.165) is 42.0 Å². The fraction of sp³-hybridized carbons (Fsp3) is 0.500. The van der Waals surface area contributed by atoms with Crippen LogP contribution in [0.3, 0.4) is 0 Å². The van der Waals surface area contributed by atoms with Crippen molar-refractivity contribution in [1.29, 1.82) is 0 Å². The summed E-state index contributed by atoms with van der Waals surface area (Å²) in [6.45, 7) is 3.17. The van der Waals surface area contributed by atoms with Crippen LogP contribution >= 0.6 is 11.8 Å². The van der Waals surface area contributed by atoms with Crippen LogP contribution in [0.25, 0.3) is 11.0 Å². The molecule has 0 fully saturated rings. The van der Waals surface area contributed by atoms with Crippen molar-refractivity contribution in [1.82, 2.24) is 15.3 Å². The van der Waals surface area contributed by atoms with Gasteiger partial charge in [0.2, 0.25) is 0 Å². The third-order valence-electron chi connectivity index (χ3n) is 2.99. The van der Waals surface area contributed by atoms with Crippen LogP contribution in [0.15, 0.2) is 18.2 Å². The second-order valence-electron chi connectivity index (χ2n) is 4.76. The number of halogens is 1. The van der Waals surface area contributed by atoms with E-state index in [-0.39, 0.29) is 5.82 Å². The quantitative estimate of drug-likeness (QED) is 0.767. The lowest BCUT2D eigenvalue weighted by molar-refractivity contribution is 0.573. The summed E-state index contributed by atoms with van der Waals surface area (Å²) in [5.41, 5.74) is 1.61. The lowest BCUT2D eigenvalue weighted by Crippen LogP contribution is -2.29. The maximum atomic E-state index is 13.1. The fourth-order valence-corrected chi connectivity index (χ4v) is 2.68. The molecule has 104 valence electrons. The van der Waals surface area contributed by atoms with E-state index in [0.29, 0.717) is 6.04 Å². The van der Waals surface area contributed by atoms with Crippen LogP contribution in [0.1, 0.15) is 19.2 Å². The first-order chi connectivity index (χ1) is 9.19. The summed E-state index contributed by atoms with van der Waals surface area (Å²) >= 11 is 1.85. The Labute approximate surface area is 117 Å². The van der Waals surface area contributed by atoms with Crippen LogP contribution < -0.4 is 5.32 Å². The van der Waals surface area contributed by atoms with Gasteiger partial charge in [0.15, 0.2) is 0 Å². The number of hydrogen-bond donors (Lipinski definition) is 2. The summed E-state index contributed by atoms with van der Waals surface area (Å²) in [7, 11) is 0. The van der Waals surface area contributed by atoms with Crippen molar-refractivity contribution in [3.05, 3.63) is 29.8 Å². The Morgan fingerprint density at radius 3 is 3.11 bits per heavy atom. The lowest BCUT2D eigenvalue weighted by atomic mass is 10.3. The molecule has 0 bridgehead atoms. The number of fused-ring (bicyclic) bond motifs is 1. The third kappa shape index (κ3) is 4.21. The zero-order chi connectivity index (χ0) is 13.7. The van der Waals surface area contributed by atoms with Crippen LogP contribution in [0.4, 0.5) is 4.39 Å². The number of H-pyrrole nitrogens is 1. The molecule has 0 aliphatic carbocycles. The predicted molar refractivity (Wildman–Crippen MR) is 80.2 cm³/mol. The molecule has 2 aromatic rings. The van der Waals surface area contributed by atoms with Gasteiger partial charge in [-0.15, -0.1) is 0 Å². The molecule has 0 saturated carbocycles. The zero-order valence-corrected chi connectivity index (χ0v) is 12.2. The van der Waals surface area contributed by atoms with E-state index in [2.05, 4.69) is 28.5 Å². The summed E-state index contributed by atoms with van der Waals surface area (Å²) < 4.78 is 13.1. The van der Waals surface area contributed by atoms with Gasteiger partial charge in [-0.3, -0.25) is 0 Å². The Morgan fingerprint density at radius 1 is 1.47 bits per heavy atom. The first-order valence-electron chi connectivity index (χ1n) is 6.55. The number of aromatic nitrogens is 2. The van der Waals surface area contributed by atoms with Gasteiger partial charge >= 0.3 is 0 Å². The molecule has 2 rings (SSSR count). The van der Waals surface area contributed by atoms with Crippen LogP contribution in [0, 0.1) is 5.82 Å². The van der Waals surface area contributed by atoms with Gasteiger partial charge in [-0.2, -0.15) is 11.8 Å². The molecule has 3 nitrogen and oxygen atoms in total. The third-order valence-corrected chi connectivity index (χ3v) is 3.83. The smallest absolute Gasteiger partial charge is 0.125 e. The lowest BCUT2D eigenvalue weighted by Gasteiger charge is -2.11. The summed E-state index contributed by atoms with van der Waals surface area (Å²) in [4.78, 5) is 7.62. The van der Waals surface area contributed by atoms with E-state index < -0.39 is 0 Å². The molecule has 1 aromatic heterocycles. The largest absolute Gasteiger partial charge is 0.342 e. The topological polar surface area (TPSA) is 40.7 Å². The average molecular weight is 281 g/mol. The van der Waals surface area contributed by atoms with Crippen molar-refractivity contribution < 1.29 is 4.39 Å². The maximum absolute atomic E-state index is 13.1. The highest BCUT2D eigenvalue weighted by Gasteiger charge is 2.04. The van der Waals surface area contributed by atoms with Gasteiger partial charge in [-0.1, -0.05) is 0 Å². The van der Waals surface area contributed by atoms with Crippen molar-refractivity contribution in [2.45, 2.75) is 25.8 Å². The van der Waals surface area contributed by atoms with Crippen molar-refractivity contribution in [3.63, 3.8) is 0 Å². The molecule has 0 radical (unpaired) electrons. The SMILES string of the molecule is CSCC(C)NCCCc1nc2ccc(F)cc2[nH]1. The Bertz CT molecular complexity index is 526. The summed E-state index contributed by atoms with van der Waals surface area (Å²) in [6, 6.07) is 5.19. The molecule has 1 atom stereocenters. The number of rotatable bonds is 7. The van der Waals surface area contributed by atoms with E-state index >= 15 is 0 Å². The second kappa shape index (κ2) is 6.91. The average Bonchev–Trinajstić information content (AvgIpc) is 2.77. The molecule has 19 heavy (non-hydrogen) atoms. The molecule has 2 N–H and O–H groups in total. The molecule has 0 aliphatic rings. The van der Waals surface area contributed by atoms with Gasteiger partial charge in [0.05, 0.1) is 11.0 Å². The van der Waals surface area contributed by atoms with Crippen LogP contribution in [0.5, 0.6) is 0 Å². The Kier molecular flexibility index (Phi) is 5.22. The number of hydrogen-bond acceptors (Lipinski definition) is 3. The number of aryl methyl sites for hydroxylation is 1. The highest BCUT2D eigenvalue weighted by atomic mass is 32.2. The maximum Gasteiger partial charge on any atom is 0.125 e. The Morgan fingerprint density at radius 2 is 2.32 bits per heavy atom. The molecule has 0 spiro atoms. The van der Waals surface area contributed by atoms with E-state index in [1.54, 1.807) is 6.07 Å². The van der Waals surface area contributed by atoms with Crippen molar-refractivity contribution >= 4 is 22.8 Å². The number of benzene rings is 1. The Balaban J connectivity index is 1.81. The molecule has 1 aromatic carbocycles. The summed E-state index contributed by atoms with van der Waals surface area (Å²) in [6.07, 6.45) is 4.03. The standard InChI is InChI=1S/C14H20FN3S/c1-10(9-19-2)16-7-3-4-14-17-12-6-5-11(15)8-13(12)18-14/h5-6,8,10,16H,3-4,7,9H2,1-2H3,(H,17,18). The van der Waals surface area contributed by atoms with E-state index in [4.69, 9.17) is 0 Å². The molecular weight excluding hydrogens is 261 g/mol. The van der Waals surface area contributed by atoms with Crippen LogP contribution in [-0.2, 0) is 6.42 Å². The minimum Gasteiger partial charge on any atom is -0.342 e. The van der Waals surface area contributed by atoms with Gasteiger partial charge in [-0.25, -0.2) is 9.37 Å². The van der Waals surface area contributed by atoms with Crippen molar-refractivity contribution in [2.24, 2.45) is 0 Å². The number of nitrogens with zero attached hydrogens (tertiary/aromatic N) is 1. The fourth-order valence-electron chi connectivity index (χ4n) is 2.07. The second-order valence-corrected chi connectivity index (χ2v) is 5.67. The van der Waals surface area contributed by atoms with Gasteiger partial charge in [0.25, 0.3) is 0 Å². The highest BCUT2D eigenvalue weighted by Crippen LogP contribution is 2.13. The van der Waals surface area contributed by atoms with Crippen molar-refractivity contribution in [2.75, 3.05) is 18.6 Å². The molecule has 1 heterocycles. The van der Waals surface area contributed by atoms with E-state index in [1.807, 2.05) is 11.8 Å². The number of nitrogens with one attached hydrogen (secondary N) is 2. The first kappa shape index (κ1) is 14.3. The minimum absolute atomic E-state index is 0.227. The van der Waals surface area contributed by atoms with Gasteiger partial charge in [0.1, 0.15) is 11.6 Å². The molecule has 0 amide bonds. The molecule has 0 aliphatic heterocycles. The normalized spacial score (nSPS) is 13.0. The van der Waals surface area contributed by atoms with Crippen molar-refractivity contribution in [3.8, 4) is 0 Å². The van der Waals surface area contributed by atoms with Crippen LogP contribution in [0.2, 0.25) is 0 Å². The number of imidazole rings is 1. The predicted octanol–water partition coefficient (Wildman–Crippen LogP) is 2.98. The van der Waals surface area contributed by atoms with Gasteiger partial charge < -0.3 is 10.3 Å². The van der Waals surface area contributed by atoms with Gasteiger partial charge in [0, 0.05) is 18.2 Å². The first-order valence-corrected chi connectivity index (χ1v) is 7.95. The summed E-state index contributed by atoms with van der Waals surface area (Å²) in [5, 5.41) is 3.47. The zero-order valence-electron chi connectivity index (χ0n) is 11.4. The summed E-state index contributed by atoms with van der Waals surface area (Å²) in [5.74, 6) is 1.83. The molecule has 0 saturated heterocycles. The van der Waals surface area contributed by atoms with E-state index in [1.165, 1.54) is 12.1 Å². The minimum atomic E-state index is -0.227. The molecular formula is C14H20FN3S. The monoisotopic (exact) mass is 281 g/mol. The van der Waals surface area contributed by atoms with E-state index in [9.17, 15) is 4.39 Å². The van der Waals surface area contributed by atoms with Gasteiger partial charge in [-0.05, 0) is 44.3 Å². The Hall–Kier alpha value is -1.07. The number of thioether (sulfide) groups is 1.